The molecule has 1 aromatic rings. The molecule has 6 nitrogen and oxygen atoms in total. The first-order chi connectivity index (χ1) is 6.63. The Morgan fingerprint density at radius 1 is 1.43 bits per heavy atom. The third-order valence-electron chi connectivity index (χ3n) is 1.30. The average molecular weight is 194 g/mol. The maximum Gasteiger partial charge on any atom is 0.384 e. The molecule has 0 fully saturated rings. The topological polar surface area (TPSA) is 92.0 Å². The molecule has 6 heteroatoms. The molecular formula is C8H6N2O4. The van der Waals surface area contributed by atoms with E-state index >= 15 is 0 Å². The van der Waals surface area contributed by atoms with Gasteiger partial charge in [-0.25, -0.2) is 4.79 Å². The van der Waals surface area contributed by atoms with Gasteiger partial charge in [0, 0.05) is 12.0 Å². The number of hydrogen-bond acceptors (Lipinski definition) is 4. The van der Waals surface area contributed by atoms with E-state index in [4.69, 9.17) is 0 Å². The monoisotopic (exact) mass is 194 g/mol. The van der Waals surface area contributed by atoms with E-state index in [0.717, 1.165) is 6.07 Å². The lowest BCUT2D eigenvalue weighted by Crippen LogP contribution is -2.20. The standard InChI is InChI=1S/C8H6N2O4/c1-14-7(12)3-2-5-4-6(11)9-10-8(5)13/h4H,1H3,(H,9,11)(H,10,13). The molecule has 72 valence electrons. The number of nitrogens with one attached hydrogen (secondary N) is 2. The van der Waals surface area contributed by atoms with Crippen molar-refractivity contribution in [1.29, 1.82) is 0 Å². The zero-order valence-electron chi connectivity index (χ0n) is 7.21. The van der Waals surface area contributed by atoms with Gasteiger partial charge in [0.05, 0.1) is 12.7 Å². The lowest BCUT2D eigenvalue weighted by Gasteiger charge is -1.87. The Bertz CT molecular complexity index is 514. The minimum atomic E-state index is -0.773. The normalized spacial score (nSPS) is 8.64. The van der Waals surface area contributed by atoms with Crippen LogP contribution < -0.4 is 11.1 Å². The number of methoxy groups -OCH3 is 1. The highest BCUT2D eigenvalue weighted by atomic mass is 16.5. The Hall–Kier alpha value is -2.29. The third kappa shape index (κ3) is 2.35. The van der Waals surface area contributed by atoms with Crippen molar-refractivity contribution in [3.63, 3.8) is 0 Å². The first-order valence-electron chi connectivity index (χ1n) is 3.55. The summed E-state index contributed by atoms with van der Waals surface area (Å²) in [6.07, 6.45) is 0. The quantitative estimate of drug-likeness (QED) is 0.392. The van der Waals surface area contributed by atoms with Crippen LogP contribution in [0.25, 0.3) is 0 Å². The molecule has 0 saturated carbocycles. The van der Waals surface area contributed by atoms with Gasteiger partial charge < -0.3 is 4.74 Å². The summed E-state index contributed by atoms with van der Waals surface area (Å²) < 4.78 is 4.23. The average Bonchev–Trinajstić information content (AvgIpc) is 2.19. The van der Waals surface area contributed by atoms with Crippen LogP contribution >= 0.6 is 0 Å². The van der Waals surface area contributed by atoms with Crippen molar-refractivity contribution in [3.05, 3.63) is 32.3 Å². The van der Waals surface area contributed by atoms with Gasteiger partial charge in [-0.3, -0.25) is 19.8 Å². The molecule has 0 atom stereocenters. The number of ether oxygens (including phenoxy) is 1. The van der Waals surface area contributed by atoms with Gasteiger partial charge >= 0.3 is 5.97 Å². The summed E-state index contributed by atoms with van der Waals surface area (Å²) in [5, 5.41) is 4.13. The first-order valence-corrected chi connectivity index (χ1v) is 3.55. The molecule has 0 aliphatic heterocycles. The molecule has 1 aromatic heterocycles. The maximum atomic E-state index is 11.0. The van der Waals surface area contributed by atoms with Gasteiger partial charge in [-0.1, -0.05) is 0 Å². The van der Waals surface area contributed by atoms with Crippen LogP contribution in [-0.4, -0.2) is 23.3 Å². The summed E-state index contributed by atoms with van der Waals surface area (Å²) in [6.45, 7) is 0. The number of esters is 1. The Morgan fingerprint density at radius 3 is 2.79 bits per heavy atom. The molecule has 1 rings (SSSR count). The summed E-state index contributed by atoms with van der Waals surface area (Å²) >= 11 is 0. The summed E-state index contributed by atoms with van der Waals surface area (Å²) in [7, 11) is 1.17. The fourth-order valence-electron chi connectivity index (χ4n) is 0.681. The highest BCUT2D eigenvalue weighted by molar-refractivity contribution is 5.88. The van der Waals surface area contributed by atoms with E-state index in [-0.39, 0.29) is 5.56 Å². The number of hydrogen-bond donors (Lipinski definition) is 2. The van der Waals surface area contributed by atoms with Crippen LogP contribution in [-0.2, 0) is 9.53 Å². The zero-order chi connectivity index (χ0) is 10.6. The second-order valence-corrected chi connectivity index (χ2v) is 2.24. The van der Waals surface area contributed by atoms with Crippen LogP contribution in [0.2, 0.25) is 0 Å². The molecular weight excluding hydrogens is 188 g/mol. The van der Waals surface area contributed by atoms with E-state index in [1.165, 1.54) is 7.11 Å². The van der Waals surface area contributed by atoms with Gasteiger partial charge in [0.25, 0.3) is 11.1 Å². The minimum absolute atomic E-state index is 0.0841. The van der Waals surface area contributed by atoms with Crippen molar-refractivity contribution in [2.24, 2.45) is 0 Å². The van der Waals surface area contributed by atoms with Crippen LogP contribution in [0, 0.1) is 11.8 Å². The van der Waals surface area contributed by atoms with Crippen molar-refractivity contribution in [2.45, 2.75) is 0 Å². The third-order valence-corrected chi connectivity index (χ3v) is 1.30. The Kier molecular flexibility index (Phi) is 2.86. The van der Waals surface area contributed by atoms with Crippen LogP contribution in [0.15, 0.2) is 15.7 Å². The molecule has 0 amide bonds. The Balaban J connectivity index is 3.13. The van der Waals surface area contributed by atoms with E-state index in [1.54, 1.807) is 0 Å². The van der Waals surface area contributed by atoms with Crippen molar-refractivity contribution in [3.8, 4) is 11.8 Å². The number of carbonyl (C=O) groups is 1. The molecule has 0 aromatic carbocycles. The number of carbonyl (C=O) groups excluding carboxylic acids is 1. The van der Waals surface area contributed by atoms with Gasteiger partial charge in [-0.2, -0.15) is 0 Å². The summed E-state index contributed by atoms with van der Waals surface area (Å²) in [5.74, 6) is 3.48. The minimum Gasteiger partial charge on any atom is -0.459 e. The van der Waals surface area contributed by atoms with Crippen molar-refractivity contribution >= 4 is 5.97 Å². The van der Waals surface area contributed by atoms with Crippen LogP contribution in [0.1, 0.15) is 5.56 Å². The highest BCUT2D eigenvalue weighted by Gasteiger charge is 1.96. The molecule has 1 heterocycles. The molecule has 0 unspecified atom stereocenters. The molecule has 14 heavy (non-hydrogen) atoms. The van der Waals surface area contributed by atoms with Gasteiger partial charge in [0.15, 0.2) is 0 Å². The Morgan fingerprint density at radius 2 is 2.14 bits per heavy atom. The largest absolute Gasteiger partial charge is 0.459 e. The van der Waals surface area contributed by atoms with E-state index < -0.39 is 17.1 Å². The van der Waals surface area contributed by atoms with Crippen LogP contribution in [0.3, 0.4) is 0 Å². The summed E-state index contributed by atoms with van der Waals surface area (Å²) in [5.41, 5.74) is -1.15. The van der Waals surface area contributed by atoms with E-state index in [1.807, 2.05) is 5.92 Å². The predicted octanol–water partition coefficient (Wildman–Crippen LogP) is -1.41. The number of rotatable bonds is 0. The van der Waals surface area contributed by atoms with Gasteiger partial charge in [-0.15, -0.1) is 0 Å². The maximum absolute atomic E-state index is 11.0. The van der Waals surface area contributed by atoms with Crippen molar-refractivity contribution in [2.75, 3.05) is 7.11 Å². The van der Waals surface area contributed by atoms with Gasteiger partial charge in [0.2, 0.25) is 0 Å². The molecule has 0 aliphatic carbocycles. The molecule has 0 bridgehead atoms. The van der Waals surface area contributed by atoms with Crippen LogP contribution in [0.5, 0.6) is 0 Å². The molecule has 0 aliphatic rings. The van der Waals surface area contributed by atoms with Crippen LogP contribution in [0.4, 0.5) is 0 Å². The molecule has 2 N–H and O–H groups in total. The fraction of sp³-hybridized carbons (Fsp3) is 0.125. The Labute approximate surface area is 77.9 Å². The van der Waals surface area contributed by atoms with Crippen molar-refractivity contribution in [1.82, 2.24) is 10.2 Å². The lowest BCUT2D eigenvalue weighted by molar-refractivity contribution is -0.133. The van der Waals surface area contributed by atoms with E-state index in [0.29, 0.717) is 0 Å². The smallest absolute Gasteiger partial charge is 0.384 e. The van der Waals surface area contributed by atoms with E-state index in [2.05, 4.69) is 20.9 Å². The fourth-order valence-corrected chi connectivity index (χ4v) is 0.681. The predicted molar refractivity (Wildman–Crippen MR) is 46.6 cm³/mol. The highest BCUT2D eigenvalue weighted by Crippen LogP contribution is 1.78. The second-order valence-electron chi connectivity index (χ2n) is 2.24. The van der Waals surface area contributed by atoms with Gasteiger partial charge in [-0.05, 0) is 5.92 Å². The SMILES string of the molecule is COC(=O)C#Cc1cc(=O)[nH][nH]c1=O. The number of aromatic nitrogens is 2. The molecule has 0 saturated heterocycles. The number of aromatic amines is 2. The molecule has 0 spiro atoms. The summed E-state index contributed by atoms with van der Waals surface area (Å²) in [4.78, 5) is 32.3. The van der Waals surface area contributed by atoms with E-state index in [9.17, 15) is 14.4 Å². The summed E-state index contributed by atoms with van der Waals surface area (Å²) in [6, 6.07) is 0.995. The van der Waals surface area contributed by atoms with Crippen molar-refractivity contribution < 1.29 is 9.53 Å². The number of H-pyrrole nitrogens is 2. The second kappa shape index (κ2) is 4.09. The zero-order valence-corrected chi connectivity index (χ0v) is 7.21. The lowest BCUT2D eigenvalue weighted by atomic mass is 10.3. The molecule has 0 radical (unpaired) electrons. The first kappa shape index (κ1) is 9.80. The van der Waals surface area contributed by atoms with Gasteiger partial charge in [0.1, 0.15) is 0 Å².